The summed E-state index contributed by atoms with van der Waals surface area (Å²) in [5.41, 5.74) is -1.11. The van der Waals surface area contributed by atoms with E-state index in [1.807, 2.05) is 0 Å². The van der Waals surface area contributed by atoms with Crippen molar-refractivity contribution >= 4 is 5.91 Å². The smallest absolute Gasteiger partial charge is 0.269 e. The van der Waals surface area contributed by atoms with Gasteiger partial charge in [0, 0.05) is 0 Å². The van der Waals surface area contributed by atoms with Crippen LogP contribution in [0, 0.1) is 0 Å². The molecule has 0 bridgehead atoms. The molecule has 1 rings (SSSR count). The number of carbonyl (C=O) groups excluding carboxylic acids is 1. The minimum absolute atomic E-state index is 0.156. The minimum Gasteiger partial charge on any atom is -0.269 e. The first-order chi connectivity index (χ1) is 3.69. The zero-order chi connectivity index (χ0) is 6.20. The van der Waals surface area contributed by atoms with Crippen molar-refractivity contribution in [3.8, 4) is 0 Å². The molecule has 2 nitrogen and oxygen atoms in total. The van der Waals surface area contributed by atoms with Gasteiger partial charge in [0.2, 0.25) is 0 Å². The molecule has 1 saturated carbocycles. The molecule has 46 valence electrons. The normalized spacial score (nSPS) is 22.2. The topological polar surface area (TPSA) is 29.1 Å². The zero-order valence-electron chi connectivity index (χ0n) is 4.08. The van der Waals surface area contributed by atoms with Crippen LogP contribution in [0.3, 0.4) is 0 Å². The third-order valence-corrected chi connectivity index (χ3v) is 1.18. The SMILES string of the molecule is O=C(NF)C1(F)CC1. The second-order valence-corrected chi connectivity index (χ2v) is 1.89. The van der Waals surface area contributed by atoms with Crippen molar-refractivity contribution in [2.45, 2.75) is 18.5 Å². The molecular weight excluding hydrogens is 116 g/mol. The fourth-order valence-corrected chi connectivity index (χ4v) is 0.421. The van der Waals surface area contributed by atoms with Crippen LogP contribution in [0.5, 0.6) is 0 Å². The molecule has 1 amide bonds. The van der Waals surface area contributed by atoms with Gasteiger partial charge in [0.05, 0.1) is 0 Å². The second-order valence-electron chi connectivity index (χ2n) is 1.89. The van der Waals surface area contributed by atoms with Crippen molar-refractivity contribution in [2.75, 3.05) is 0 Å². The summed E-state index contributed by atoms with van der Waals surface area (Å²) < 4.78 is 23.3. The van der Waals surface area contributed by atoms with Gasteiger partial charge in [0.25, 0.3) is 5.91 Å². The molecule has 0 aromatic rings. The number of alkyl halides is 1. The van der Waals surface area contributed by atoms with Gasteiger partial charge in [-0.1, -0.05) is 0 Å². The van der Waals surface area contributed by atoms with E-state index in [0.29, 0.717) is 0 Å². The molecule has 8 heavy (non-hydrogen) atoms. The standard InChI is InChI=1S/C4H5F2NO/c5-4(1-2-4)3(8)7-6/h1-2H2,(H,7,8). The van der Waals surface area contributed by atoms with Gasteiger partial charge >= 0.3 is 0 Å². The summed E-state index contributed by atoms with van der Waals surface area (Å²) in [6.45, 7) is 0. The average Bonchev–Trinajstić information content (AvgIpc) is 2.47. The fraction of sp³-hybridized carbons (Fsp3) is 0.750. The van der Waals surface area contributed by atoms with E-state index in [2.05, 4.69) is 0 Å². The number of hydrogen-bond donors (Lipinski definition) is 1. The van der Waals surface area contributed by atoms with Gasteiger partial charge in [-0.05, 0) is 12.8 Å². The Morgan fingerprint density at radius 3 is 2.25 bits per heavy atom. The van der Waals surface area contributed by atoms with Crippen molar-refractivity contribution < 1.29 is 13.7 Å². The molecule has 1 fully saturated rings. The van der Waals surface area contributed by atoms with Crippen LogP contribution < -0.4 is 5.54 Å². The predicted octanol–water partition coefficient (Wildman–Crippen LogP) is 0.489. The predicted molar refractivity (Wildman–Crippen MR) is 22.3 cm³/mol. The number of halogens is 2. The lowest BCUT2D eigenvalue weighted by Gasteiger charge is -1.95. The van der Waals surface area contributed by atoms with Gasteiger partial charge < -0.3 is 0 Å². The molecule has 0 spiro atoms. The zero-order valence-corrected chi connectivity index (χ0v) is 4.08. The lowest BCUT2D eigenvalue weighted by atomic mass is 10.4. The largest absolute Gasteiger partial charge is 0.285 e. The molecule has 1 aliphatic carbocycles. The van der Waals surface area contributed by atoms with Crippen LogP contribution in [0.25, 0.3) is 0 Å². The van der Waals surface area contributed by atoms with Crippen molar-refractivity contribution in [3.05, 3.63) is 0 Å². The Hall–Kier alpha value is -0.670. The van der Waals surface area contributed by atoms with E-state index >= 15 is 0 Å². The highest BCUT2D eigenvalue weighted by Gasteiger charge is 2.51. The van der Waals surface area contributed by atoms with E-state index in [0.717, 1.165) is 5.54 Å². The Morgan fingerprint density at radius 2 is 2.12 bits per heavy atom. The van der Waals surface area contributed by atoms with E-state index in [1.54, 1.807) is 0 Å². The van der Waals surface area contributed by atoms with Crippen LogP contribution in [0.1, 0.15) is 12.8 Å². The summed E-state index contributed by atoms with van der Waals surface area (Å²) >= 11 is 0. The van der Waals surface area contributed by atoms with Gasteiger partial charge in [-0.3, -0.25) is 4.79 Å². The first-order valence-corrected chi connectivity index (χ1v) is 2.29. The van der Waals surface area contributed by atoms with Gasteiger partial charge in [-0.15, -0.1) is 4.48 Å². The van der Waals surface area contributed by atoms with Crippen LogP contribution in [-0.4, -0.2) is 11.6 Å². The Labute approximate surface area is 44.8 Å². The number of nitrogens with one attached hydrogen (secondary N) is 1. The van der Waals surface area contributed by atoms with Gasteiger partial charge in [0.15, 0.2) is 5.67 Å². The molecule has 1 N–H and O–H groups in total. The highest BCUT2D eigenvalue weighted by Crippen LogP contribution is 2.39. The first-order valence-electron chi connectivity index (χ1n) is 2.29. The van der Waals surface area contributed by atoms with Gasteiger partial charge in [0.1, 0.15) is 0 Å². The Kier molecular flexibility index (Phi) is 0.957. The fourth-order valence-electron chi connectivity index (χ4n) is 0.421. The van der Waals surface area contributed by atoms with Crippen LogP contribution in [0.15, 0.2) is 0 Å². The second kappa shape index (κ2) is 1.40. The highest BCUT2D eigenvalue weighted by molar-refractivity contribution is 5.86. The molecular formula is C4H5F2NO. The van der Waals surface area contributed by atoms with Crippen LogP contribution in [0.2, 0.25) is 0 Å². The molecule has 0 saturated heterocycles. The van der Waals surface area contributed by atoms with Crippen molar-refractivity contribution in [3.63, 3.8) is 0 Å². The molecule has 0 aromatic carbocycles. The summed E-state index contributed by atoms with van der Waals surface area (Å²) in [5.74, 6) is -1.14. The van der Waals surface area contributed by atoms with E-state index in [1.165, 1.54) is 0 Å². The molecule has 0 heterocycles. The molecule has 0 radical (unpaired) electrons. The molecule has 0 aliphatic heterocycles. The van der Waals surface area contributed by atoms with Gasteiger partial charge in [-0.2, -0.15) is 5.54 Å². The van der Waals surface area contributed by atoms with Crippen LogP contribution >= 0.6 is 0 Å². The Bertz CT molecular complexity index is 121. The van der Waals surface area contributed by atoms with Crippen molar-refractivity contribution in [2.24, 2.45) is 0 Å². The summed E-state index contributed by atoms with van der Waals surface area (Å²) in [6, 6.07) is 0. The van der Waals surface area contributed by atoms with Gasteiger partial charge in [-0.25, -0.2) is 4.39 Å². The molecule has 0 aromatic heterocycles. The number of carbonyl (C=O) groups is 1. The molecule has 0 unspecified atom stereocenters. The average molecular weight is 121 g/mol. The van der Waals surface area contributed by atoms with Crippen molar-refractivity contribution in [1.29, 1.82) is 0 Å². The number of rotatable bonds is 1. The Morgan fingerprint density at radius 1 is 1.62 bits per heavy atom. The summed E-state index contributed by atoms with van der Waals surface area (Å²) in [5, 5.41) is 0. The van der Waals surface area contributed by atoms with E-state index in [4.69, 9.17) is 0 Å². The lowest BCUT2D eigenvalue weighted by molar-refractivity contribution is -0.131. The summed E-state index contributed by atoms with van der Waals surface area (Å²) in [4.78, 5) is 10.0. The van der Waals surface area contributed by atoms with E-state index in [-0.39, 0.29) is 12.8 Å². The van der Waals surface area contributed by atoms with Crippen molar-refractivity contribution in [1.82, 2.24) is 5.54 Å². The summed E-state index contributed by atoms with van der Waals surface area (Å²) in [7, 11) is 0. The third kappa shape index (κ3) is 0.657. The number of amides is 1. The van der Waals surface area contributed by atoms with E-state index < -0.39 is 11.6 Å². The Balaban J connectivity index is 2.46. The monoisotopic (exact) mass is 121 g/mol. The minimum atomic E-state index is -1.87. The van der Waals surface area contributed by atoms with Crippen LogP contribution in [0.4, 0.5) is 8.87 Å². The van der Waals surface area contributed by atoms with Crippen LogP contribution in [-0.2, 0) is 4.79 Å². The quantitative estimate of drug-likeness (QED) is 0.502. The number of hydrogen-bond acceptors (Lipinski definition) is 1. The molecule has 4 heteroatoms. The molecule has 1 aliphatic rings. The maximum atomic E-state index is 12.2. The maximum absolute atomic E-state index is 12.2. The van der Waals surface area contributed by atoms with E-state index in [9.17, 15) is 13.7 Å². The lowest BCUT2D eigenvalue weighted by Crippen LogP contribution is -2.27. The summed E-state index contributed by atoms with van der Waals surface area (Å²) in [6.07, 6.45) is 0.311. The maximum Gasteiger partial charge on any atom is 0.285 e. The molecule has 0 atom stereocenters. The first kappa shape index (κ1) is 5.47. The highest BCUT2D eigenvalue weighted by atomic mass is 19.2. The third-order valence-electron chi connectivity index (χ3n) is 1.18.